The largest absolute Gasteiger partial charge is 0.496 e. The standard InChI is InChI=1S/C14H21O4P/c1-9-6-12(10(2)15)14(16-4)7-13(9)18-11(3)17-8-19-5/h6-7,11,19H,8H2,1-5H3. The third kappa shape index (κ3) is 4.48. The van der Waals surface area contributed by atoms with Gasteiger partial charge in [-0.05, 0) is 39.1 Å². The molecule has 0 saturated carbocycles. The van der Waals surface area contributed by atoms with Crippen LogP contribution in [0.5, 0.6) is 11.5 Å². The molecule has 1 aromatic rings. The van der Waals surface area contributed by atoms with Crippen LogP contribution in [0.2, 0.25) is 0 Å². The normalized spacial score (nSPS) is 12.7. The zero-order valence-corrected chi connectivity index (χ0v) is 13.1. The van der Waals surface area contributed by atoms with E-state index in [1.807, 2.05) is 13.8 Å². The summed E-state index contributed by atoms with van der Waals surface area (Å²) in [6.07, 6.45) is 0.363. The van der Waals surface area contributed by atoms with Crippen molar-refractivity contribution in [3.63, 3.8) is 0 Å². The molecule has 1 rings (SSSR count). The molecule has 2 unspecified atom stereocenters. The minimum atomic E-state index is -0.320. The van der Waals surface area contributed by atoms with E-state index < -0.39 is 0 Å². The first kappa shape index (κ1) is 15.9. The van der Waals surface area contributed by atoms with Crippen molar-refractivity contribution in [1.29, 1.82) is 0 Å². The van der Waals surface area contributed by atoms with Gasteiger partial charge in [0.25, 0.3) is 0 Å². The van der Waals surface area contributed by atoms with Crippen LogP contribution in [0, 0.1) is 6.92 Å². The average Bonchev–Trinajstić information content (AvgIpc) is 2.38. The van der Waals surface area contributed by atoms with Crippen LogP contribution in [-0.4, -0.2) is 32.2 Å². The molecule has 0 bridgehead atoms. The topological polar surface area (TPSA) is 44.8 Å². The molecule has 1 aromatic carbocycles. The summed E-state index contributed by atoms with van der Waals surface area (Å²) in [7, 11) is 2.27. The molecule has 0 heterocycles. The van der Waals surface area contributed by atoms with Crippen molar-refractivity contribution in [2.45, 2.75) is 27.1 Å². The first-order valence-corrected chi connectivity index (χ1v) is 7.82. The van der Waals surface area contributed by atoms with Crippen molar-refractivity contribution in [1.82, 2.24) is 0 Å². The average molecular weight is 284 g/mol. The SMILES string of the molecule is COc1cc(OC(C)OCPC)c(C)cc1C(C)=O. The fourth-order valence-corrected chi connectivity index (χ4v) is 2.06. The molecule has 2 atom stereocenters. The Bertz CT molecular complexity index is 445. The van der Waals surface area contributed by atoms with Gasteiger partial charge in [0.05, 0.1) is 19.0 Å². The highest BCUT2D eigenvalue weighted by Gasteiger charge is 2.14. The van der Waals surface area contributed by atoms with Gasteiger partial charge in [0.15, 0.2) is 12.1 Å². The molecule has 0 radical (unpaired) electrons. The minimum absolute atomic E-state index is 0.0250. The number of methoxy groups -OCH3 is 1. The highest BCUT2D eigenvalue weighted by molar-refractivity contribution is 7.36. The van der Waals surface area contributed by atoms with Crippen LogP contribution in [-0.2, 0) is 4.74 Å². The van der Waals surface area contributed by atoms with Gasteiger partial charge in [-0.3, -0.25) is 4.79 Å². The second kappa shape index (κ2) is 7.46. The molecule has 0 N–H and O–H groups in total. The number of carbonyl (C=O) groups excluding carboxylic acids is 1. The maximum absolute atomic E-state index is 11.5. The van der Waals surface area contributed by atoms with Crippen LogP contribution in [0.15, 0.2) is 12.1 Å². The van der Waals surface area contributed by atoms with Gasteiger partial charge < -0.3 is 14.2 Å². The van der Waals surface area contributed by atoms with Crippen LogP contribution in [0.4, 0.5) is 0 Å². The van der Waals surface area contributed by atoms with Gasteiger partial charge in [0.2, 0.25) is 0 Å². The van der Waals surface area contributed by atoms with Crippen LogP contribution in [0.1, 0.15) is 29.8 Å². The Labute approximate surface area is 116 Å². The van der Waals surface area contributed by atoms with E-state index in [2.05, 4.69) is 6.66 Å². The molecular formula is C14H21O4P. The number of benzene rings is 1. The number of ketones is 1. The van der Waals surface area contributed by atoms with Gasteiger partial charge in [-0.1, -0.05) is 8.58 Å². The molecule has 19 heavy (non-hydrogen) atoms. The minimum Gasteiger partial charge on any atom is -0.496 e. The maximum Gasteiger partial charge on any atom is 0.197 e. The molecule has 0 saturated heterocycles. The predicted molar refractivity (Wildman–Crippen MR) is 78.0 cm³/mol. The summed E-state index contributed by atoms with van der Waals surface area (Å²) in [5.74, 6) is 1.18. The summed E-state index contributed by atoms with van der Waals surface area (Å²) in [4.78, 5) is 11.5. The van der Waals surface area contributed by atoms with Crippen LogP contribution in [0.25, 0.3) is 0 Å². The predicted octanol–water partition coefficient (Wildman–Crippen LogP) is 3.21. The third-order valence-corrected chi connectivity index (χ3v) is 3.09. The lowest BCUT2D eigenvalue weighted by Gasteiger charge is -2.18. The Balaban J connectivity index is 2.93. The van der Waals surface area contributed by atoms with E-state index in [9.17, 15) is 4.79 Å². The highest BCUT2D eigenvalue weighted by atomic mass is 31.1. The van der Waals surface area contributed by atoms with E-state index in [0.717, 1.165) is 14.1 Å². The molecule has 0 amide bonds. The van der Waals surface area contributed by atoms with Crippen LogP contribution < -0.4 is 9.47 Å². The Morgan fingerprint density at radius 2 is 2.05 bits per heavy atom. The van der Waals surface area contributed by atoms with Gasteiger partial charge in [0, 0.05) is 6.07 Å². The summed E-state index contributed by atoms with van der Waals surface area (Å²) in [5, 5.41) is 0. The van der Waals surface area contributed by atoms with Gasteiger partial charge in [-0.2, -0.15) is 0 Å². The Kier molecular flexibility index (Phi) is 6.26. The zero-order valence-electron chi connectivity index (χ0n) is 12.1. The van der Waals surface area contributed by atoms with E-state index in [4.69, 9.17) is 14.2 Å². The summed E-state index contributed by atoms with van der Waals surface area (Å²) in [6, 6.07) is 3.52. The van der Waals surface area contributed by atoms with Crippen molar-refractivity contribution in [3.8, 4) is 11.5 Å². The van der Waals surface area contributed by atoms with E-state index in [1.54, 1.807) is 19.2 Å². The highest BCUT2D eigenvalue weighted by Crippen LogP contribution is 2.30. The molecule has 106 valence electrons. The fraction of sp³-hybridized carbons (Fsp3) is 0.500. The monoisotopic (exact) mass is 284 g/mol. The molecule has 0 aliphatic rings. The Hall–Kier alpha value is -1.12. The number of ether oxygens (including phenoxy) is 3. The first-order chi connectivity index (χ1) is 8.99. The smallest absolute Gasteiger partial charge is 0.197 e. The number of carbonyl (C=O) groups is 1. The van der Waals surface area contributed by atoms with E-state index in [0.29, 0.717) is 23.4 Å². The van der Waals surface area contributed by atoms with Gasteiger partial charge in [-0.15, -0.1) is 0 Å². The number of hydrogen-bond donors (Lipinski definition) is 0. The lowest BCUT2D eigenvalue weighted by Crippen LogP contribution is -2.16. The summed E-state index contributed by atoms with van der Waals surface area (Å²) in [5.41, 5.74) is 1.45. The zero-order chi connectivity index (χ0) is 14.4. The lowest BCUT2D eigenvalue weighted by molar-refractivity contribution is -0.0468. The van der Waals surface area contributed by atoms with Crippen molar-refractivity contribution < 1.29 is 19.0 Å². The maximum atomic E-state index is 11.5. The Morgan fingerprint density at radius 1 is 1.37 bits per heavy atom. The van der Waals surface area contributed by atoms with E-state index >= 15 is 0 Å². The number of rotatable bonds is 7. The molecule has 0 aliphatic carbocycles. The van der Waals surface area contributed by atoms with E-state index in [1.165, 1.54) is 6.92 Å². The molecule has 0 aromatic heterocycles. The molecule has 5 heteroatoms. The van der Waals surface area contributed by atoms with Gasteiger partial charge >= 0.3 is 0 Å². The van der Waals surface area contributed by atoms with Gasteiger partial charge in [-0.25, -0.2) is 0 Å². The molecule has 0 spiro atoms. The third-order valence-electron chi connectivity index (χ3n) is 2.63. The van der Waals surface area contributed by atoms with Crippen molar-refractivity contribution in [2.24, 2.45) is 0 Å². The van der Waals surface area contributed by atoms with Crippen molar-refractivity contribution in [3.05, 3.63) is 23.3 Å². The van der Waals surface area contributed by atoms with Gasteiger partial charge in [0.1, 0.15) is 11.5 Å². The lowest BCUT2D eigenvalue weighted by atomic mass is 10.1. The summed E-state index contributed by atoms with van der Waals surface area (Å²) >= 11 is 0. The van der Waals surface area contributed by atoms with E-state index in [-0.39, 0.29) is 12.1 Å². The number of hydrogen-bond acceptors (Lipinski definition) is 4. The first-order valence-electron chi connectivity index (χ1n) is 6.12. The van der Waals surface area contributed by atoms with Crippen molar-refractivity contribution in [2.75, 3.05) is 20.1 Å². The second-order valence-corrected chi connectivity index (χ2v) is 5.22. The second-order valence-electron chi connectivity index (χ2n) is 4.22. The number of Topliss-reactive ketones (excluding diaryl/α,β-unsaturated/α-hetero) is 1. The fourth-order valence-electron chi connectivity index (χ4n) is 1.65. The molecular weight excluding hydrogens is 263 g/mol. The molecule has 4 nitrogen and oxygen atoms in total. The molecule has 0 aliphatic heterocycles. The van der Waals surface area contributed by atoms with Crippen LogP contribution >= 0.6 is 8.58 Å². The number of aryl methyl sites for hydroxylation is 1. The van der Waals surface area contributed by atoms with Crippen molar-refractivity contribution >= 4 is 14.4 Å². The quantitative estimate of drug-likeness (QED) is 0.438. The Morgan fingerprint density at radius 3 is 2.58 bits per heavy atom. The summed E-state index contributed by atoms with van der Waals surface area (Å²) in [6.45, 7) is 7.34. The molecule has 0 fully saturated rings. The van der Waals surface area contributed by atoms with Crippen LogP contribution in [0.3, 0.4) is 0 Å². The summed E-state index contributed by atoms with van der Waals surface area (Å²) < 4.78 is 16.4.